The Morgan fingerprint density at radius 3 is 2.22 bits per heavy atom. The van der Waals surface area contributed by atoms with Gasteiger partial charge < -0.3 is 4.74 Å². The van der Waals surface area contributed by atoms with E-state index in [9.17, 15) is 9.00 Å². The van der Waals surface area contributed by atoms with E-state index in [-0.39, 0.29) is 5.78 Å². The molecule has 0 aliphatic heterocycles. The first kappa shape index (κ1) is 14.9. The van der Waals surface area contributed by atoms with Crippen molar-refractivity contribution in [2.24, 2.45) is 5.92 Å². The lowest BCUT2D eigenvalue weighted by molar-refractivity contribution is 0.0992. The van der Waals surface area contributed by atoms with E-state index in [0.29, 0.717) is 23.0 Å². The predicted octanol–water partition coefficient (Wildman–Crippen LogP) is 2.67. The Morgan fingerprint density at radius 2 is 1.78 bits per heavy atom. The average molecular weight is 268 g/mol. The lowest BCUT2D eigenvalue weighted by Gasteiger charge is -2.12. The summed E-state index contributed by atoms with van der Waals surface area (Å²) in [6, 6.07) is 6.91. The molecule has 1 aromatic carbocycles. The fraction of sp³-hybridized carbons (Fsp3) is 0.500. The van der Waals surface area contributed by atoms with Crippen LogP contribution < -0.4 is 4.74 Å². The molecule has 1 aromatic rings. The summed E-state index contributed by atoms with van der Waals surface area (Å²) in [7, 11) is 0.467. The quantitative estimate of drug-likeness (QED) is 0.745. The van der Waals surface area contributed by atoms with Gasteiger partial charge >= 0.3 is 0 Å². The Bertz CT molecular complexity index is 423. The highest BCUT2D eigenvalue weighted by Crippen LogP contribution is 2.15. The lowest BCUT2D eigenvalue weighted by Crippen LogP contribution is -2.26. The van der Waals surface area contributed by atoms with E-state index < -0.39 is 16.0 Å². The Balaban J connectivity index is 2.76. The van der Waals surface area contributed by atoms with Crippen molar-refractivity contribution in [2.45, 2.75) is 26.0 Å². The van der Waals surface area contributed by atoms with Gasteiger partial charge in [-0.05, 0) is 37.1 Å². The van der Waals surface area contributed by atoms with Crippen LogP contribution in [0.2, 0.25) is 0 Å². The van der Waals surface area contributed by atoms with Crippen LogP contribution >= 0.6 is 0 Å². The molecule has 0 heterocycles. The number of carbonyl (C=O) groups is 1. The fourth-order valence-electron chi connectivity index (χ4n) is 1.58. The summed E-state index contributed by atoms with van der Waals surface area (Å²) in [5, 5.41) is -0.458. The van der Waals surface area contributed by atoms with Gasteiger partial charge in [0.1, 0.15) is 5.75 Å². The minimum Gasteiger partial charge on any atom is -0.497 e. The number of ketones is 1. The molecule has 0 saturated heterocycles. The smallest absolute Gasteiger partial charge is 0.178 e. The molecular weight excluding hydrogens is 248 g/mol. The van der Waals surface area contributed by atoms with Crippen molar-refractivity contribution < 1.29 is 13.7 Å². The predicted molar refractivity (Wildman–Crippen MR) is 74.6 cm³/mol. The number of hydrogen-bond donors (Lipinski definition) is 0. The van der Waals surface area contributed by atoms with Crippen LogP contribution in [0.25, 0.3) is 0 Å². The number of carbonyl (C=O) groups excluding carboxylic acids is 1. The van der Waals surface area contributed by atoms with Gasteiger partial charge in [-0.15, -0.1) is 0 Å². The maximum Gasteiger partial charge on any atom is 0.178 e. The first-order valence-corrected chi connectivity index (χ1v) is 7.39. The van der Waals surface area contributed by atoms with Gasteiger partial charge in [-0.1, -0.05) is 13.8 Å². The standard InChI is InChI=1S/C14H20O3S/c1-10(2)9-18(16)11(3)14(15)12-5-7-13(17-4)8-6-12/h5-8,10-11H,9H2,1-4H3. The Morgan fingerprint density at radius 1 is 1.22 bits per heavy atom. The Labute approximate surface area is 111 Å². The van der Waals surface area contributed by atoms with Crippen LogP contribution in [-0.2, 0) is 10.8 Å². The third kappa shape index (κ3) is 3.95. The fourth-order valence-corrected chi connectivity index (χ4v) is 2.90. The minimum atomic E-state index is -1.11. The van der Waals surface area contributed by atoms with E-state index >= 15 is 0 Å². The molecule has 0 spiro atoms. The van der Waals surface area contributed by atoms with Gasteiger partial charge in [0.05, 0.1) is 12.4 Å². The second kappa shape index (κ2) is 6.69. The van der Waals surface area contributed by atoms with Crippen molar-refractivity contribution in [3.63, 3.8) is 0 Å². The molecule has 0 aliphatic rings. The molecule has 0 radical (unpaired) electrons. The number of Topliss-reactive ketones (excluding diaryl/α,β-unsaturated/α-hetero) is 1. The van der Waals surface area contributed by atoms with Gasteiger partial charge in [0.2, 0.25) is 0 Å². The minimum absolute atomic E-state index is 0.0726. The summed E-state index contributed by atoms with van der Waals surface area (Å²) in [4.78, 5) is 12.1. The van der Waals surface area contributed by atoms with Crippen LogP contribution in [0, 0.1) is 5.92 Å². The number of hydrogen-bond acceptors (Lipinski definition) is 3. The third-order valence-electron chi connectivity index (χ3n) is 2.64. The summed E-state index contributed by atoms with van der Waals surface area (Å²) in [6.45, 7) is 5.73. The molecule has 0 aliphatic carbocycles. The van der Waals surface area contributed by atoms with Gasteiger partial charge in [0.25, 0.3) is 0 Å². The maximum absolute atomic E-state index is 12.1. The van der Waals surface area contributed by atoms with Gasteiger partial charge in [0, 0.05) is 22.1 Å². The topological polar surface area (TPSA) is 43.4 Å². The van der Waals surface area contributed by atoms with Crippen molar-refractivity contribution in [1.82, 2.24) is 0 Å². The van der Waals surface area contributed by atoms with Gasteiger partial charge in [-0.3, -0.25) is 9.00 Å². The van der Waals surface area contributed by atoms with E-state index in [4.69, 9.17) is 4.74 Å². The molecule has 0 saturated carbocycles. The van der Waals surface area contributed by atoms with E-state index in [1.54, 1.807) is 38.3 Å². The second-order valence-electron chi connectivity index (χ2n) is 4.68. The molecule has 1 rings (SSSR count). The summed E-state index contributed by atoms with van der Waals surface area (Å²) in [5.74, 6) is 1.53. The average Bonchev–Trinajstić information content (AvgIpc) is 2.36. The van der Waals surface area contributed by atoms with Crippen LogP contribution in [0.4, 0.5) is 0 Å². The second-order valence-corrected chi connectivity index (χ2v) is 6.48. The summed E-state index contributed by atoms with van der Waals surface area (Å²) in [6.07, 6.45) is 0. The first-order valence-electron chi connectivity index (χ1n) is 6.01. The lowest BCUT2D eigenvalue weighted by atomic mass is 10.1. The monoisotopic (exact) mass is 268 g/mol. The number of rotatable bonds is 6. The van der Waals surface area contributed by atoms with Crippen LogP contribution in [0.15, 0.2) is 24.3 Å². The SMILES string of the molecule is COc1ccc(C(=O)C(C)S(=O)CC(C)C)cc1. The molecule has 0 fully saturated rings. The number of benzene rings is 1. The molecule has 0 amide bonds. The maximum atomic E-state index is 12.1. The van der Waals surface area contributed by atoms with Crippen LogP contribution in [0.1, 0.15) is 31.1 Å². The molecule has 18 heavy (non-hydrogen) atoms. The Kier molecular flexibility index (Phi) is 5.54. The first-order chi connectivity index (χ1) is 8.45. The summed E-state index contributed by atoms with van der Waals surface area (Å²) in [5.41, 5.74) is 0.584. The molecule has 3 nitrogen and oxygen atoms in total. The largest absolute Gasteiger partial charge is 0.497 e. The molecular formula is C14H20O3S. The molecule has 0 bridgehead atoms. The van der Waals surface area contributed by atoms with Crippen molar-refractivity contribution >= 4 is 16.6 Å². The summed E-state index contributed by atoms with van der Waals surface area (Å²) < 4.78 is 17.0. The number of ether oxygens (including phenoxy) is 1. The van der Waals surface area contributed by atoms with Crippen molar-refractivity contribution in [2.75, 3.05) is 12.9 Å². The molecule has 100 valence electrons. The molecule has 2 atom stereocenters. The van der Waals surface area contributed by atoms with Crippen molar-refractivity contribution in [1.29, 1.82) is 0 Å². The molecule has 4 heteroatoms. The zero-order valence-electron chi connectivity index (χ0n) is 11.3. The van der Waals surface area contributed by atoms with Crippen molar-refractivity contribution in [3.05, 3.63) is 29.8 Å². The highest BCUT2D eigenvalue weighted by molar-refractivity contribution is 7.86. The molecule has 0 N–H and O–H groups in total. The zero-order chi connectivity index (χ0) is 13.7. The van der Waals surface area contributed by atoms with Gasteiger partial charge in [0.15, 0.2) is 5.78 Å². The number of methoxy groups -OCH3 is 1. The Hall–Kier alpha value is -1.16. The van der Waals surface area contributed by atoms with E-state index in [1.807, 2.05) is 13.8 Å². The zero-order valence-corrected chi connectivity index (χ0v) is 12.1. The van der Waals surface area contributed by atoms with E-state index in [2.05, 4.69) is 0 Å². The normalized spacial score (nSPS) is 14.3. The highest BCUT2D eigenvalue weighted by Gasteiger charge is 2.21. The van der Waals surface area contributed by atoms with Gasteiger partial charge in [-0.25, -0.2) is 0 Å². The van der Waals surface area contributed by atoms with E-state index in [0.717, 1.165) is 0 Å². The molecule has 2 unspecified atom stereocenters. The van der Waals surface area contributed by atoms with Crippen LogP contribution in [-0.4, -0.2) is 28.1 Å². The van der Waals surface area contributed by atoms with Gasteiger partial charge in [-0.2, -0.15) is 0 Å². The van der Waals surface area contributed by atoms with Crippen LogP contribution in [0.5, 0.6) is 5.75 Å². The highest BCUT2D eigenvalue weighted by atomic mass is 32.2. The third-order valence-corrected chi connectivity index (χ3v) is 4.63. The molecule has 0 aromatic heterocycles. The summed E-state index contributed by atoms with van der Waals surface area (Å²) >= 11 is 0. The van der Waals surface area contributed by atoms with Crippen LogP contribution in [0.3, 0.4) is 0 Å². The van der Waals surface area contributed by atoms with E-state index in [1.165, 1.54) is 0 Å². The van der Waals surface area contributed by atoms with Crippen molar-refractivity contribution in [3.8, 4) is 5.75 Å².